The van der Waals surface area contributed by atoms with Gasteiger partial charge in [0, 0.05) is 15.6 Å². The number of rotatable bonds is 6. The molecule has 0 radical (unpaired) electrons. The number of carbonyl (C=O) groups excluding carboxylic acids is 1. The molecule has 0 unspecified atom stereocenters. The molecule has 0 atom stereocenters. The van der Waals surface area contributed by atoms with Gasteiger partial charge >= 0.3 is 5.97 Å². The number of halogens is 2. The van der Waals surface area contributed by atoms with Crippen LogP contribution < -0.4 is 14.2 Å². The molecule has 2 aromatic carbocycles. The quantitative estimate of drug-likeness (QED) is 0.706. The lowest BCUT2D eigenvalue weighted by molar-refractivity contribution is 0.0468. The maximum Gasteiger partial charge on any atom is 0.342 e. The zero-order valence-corrected chi connectivity index (χ0v) is 14.9. The van der Waals surface area contributed by atoms with Gasteiger partial charge in [-0.2, -0.15) is 0 Å². The standard InChI is InChI=1S/C17H16Cl2O5/c1-21-14-7-6-12(15(22-2)16(14)23-3)17(20)24-9-10-4-5-11(18)8-13(10)19/h4-8H,9H2,1-3H3. The Labute approximate surface area is 150 Å². The van der Waals surface area contributed by atoms with E-state index in [1.807, 2.05) is 0 Å². The van der Waals surface area contributed by atoms with Crippen molar-refractivity contribution in [2.24, 2.45) is 0 Å². The molecule has 24 heavy (non-hydrogen) atoms. The van der Waals surface area contributed by atoms with Gasteiger partial charge in [0.25, 0.3) is 0 Å². The van der Waals surface area contributed by atoms with Gasteiger partial charge in [0.2, 0.25) is 5.75 Å². The number of methoxy groups -OCH3 is 3. The van der Waals surface area contributed by atoms with Crippen LogP contribution in [0.3, 0.4) is 0 Å². The summed E-state index contributed by atoms with van der Waals surface area (Å²) in [7, 11) is 4.39. The predicted octanol–water partition coefficient (Wildman–Crippen LogP) is 4.38. The molecular weight excluding hydrogens is 355 g/mol. The van der Waals surface area contributed by atoms with E-state index in [1.54, 1.807) is 30.3 Å². The molecule has 0 aliphatic heterocycles. The maximum absolute atomic E-state index is 12.4. The van der Waals surface area contributed by atoms with Crippen molar-refractivity contribution in [2.75, 3.05) is 21.3 Å². The molecule has 0 aliphatic carbocycles. The third kappa shape index (κ3) is 3.86. The first kappa shape index (κ1) is 18.2. The number of esters is 1. The molecule has 0 amide bonds. The van der Waals surface area contributed by atoms with Crippen molar-refractivity contribution in [1.29, 1.82) is 0 Å². The van der Waals surface area contributed by atoms with Crippen LogP contribution in [0, 0.1) is 0 Å². The highest BCUT2D eigenvalue weighted by Gasteiger charge is 2.22. The summed E-state index contributed by atoms with van der Waals surface area (Å²) in [6.07, 6.45) is 0. The number of ether oxygens (including phenoxy) is 4. The number of benzene rings is 2. The summed E-state index contributed by atoms with van der Waals surface area (Å²) in [5, 5.41) is 0.936. The van der Waals surface area contributed by atoms with Crippen molar-refractivity contribution < 1.29 is 23.7 Å². The van der Waals surface area contributed by atoms with Crippen LogP contribution in [-0.2, 0) is 11.3 Å². The summed E-state index contributed by atoms with van der Waals surface area (Å²) in [4.78, 5) is 12.4. The van der Waals surface area contributed by atoms with Crippen molar-refractivity contribution in [3.8, 4) is 17.2 Å². The Balaban J connectivity index is 2.23. The molecule has 0 spiro atoms. The Kier molecular flexibility index (Phi) is 6.17. The van der Waals surface area contributed by atoms with Gasteiger partial charge in [-0.3, -0.25) is 0 Å². The monoisotopic (exact) mass is 370 g/mol. The predicted molar refractivity (Wildman–Crippen MR) is 91.7 cm³/mol. The minimum Gasteiger partial charge on any atom is -0.493 e. The summed E-state index contributed by atoms with van der Waals surface area (Å²) in [5.41, 5.74) is 0.870. The molecule has 0 N–H and O–H groups in total. The first-order valence-corrected chi connectivity index (χ1v) is 7.67. The van der Waals surface area contributed by atoms with Crippen LogP contribution in [0.15, 0.2) is 30.3 Å². The maximum atomic E-state index is 12.4. The minimum atomic E-state index is -0.571. The molecule has 0 saturated heterocycles. The average Bonchev–Trinajstić information content (AvgIpc) is 2.59. The Morgan fingerprint density at radius 3 is 2.25 bits per heavy atom. The largest absolute Gasteiger partial charge is 0.493 e. The molecule has 5 nitrogen and oxygen atoms in total. The first-order chi connectivity index (χ1) is 11.5. The van der Waals surface area contributed by atoms with Gasteiger partial charge in [0.05, 0.1) is 21.3 Å². The van der Waals surface area contributed by atoms with E-state index in [0.717, 1.165) is 0 Å². The van der Waals surface area contributed by atoms with E-state index in [1.165, 1.54) is 21.3 Å². The fraction of sp³-hybridized carbons (Fsp3) is 0.235. The lowest BCUT2D eigenvalue weighted by Gasteiger charge is -2.15. The zero-order chi connectivity index (χ0) is 17.7. The van der Waals surface area contributed by atoms with E-state index in [2.05, 4.69) is 0 Å². The second-order valence-corrected chi connectivity index (χ2v) is 5.54. The molecule has 0 aromatic heterocycles. The second kappa shape index (κ2) is 8.13. The van der Waals surface area contributed by atoms with Crippen molar-refractivity contribution >= 4 is 29.2 Å². The van der Waals surface area contributed by atoms with Gasteiger partial charge in [-0.25, -0.2) is 4.79 Å². The van der Waals surface area contributed by atoms with E-state index < -0.39 is 5.97 Å². The Morgan fingerprint density at radius 2 is 1.67 bits per heavy atom. The molecule has 2 aromatic rings. The Bertz CT molecular complexity index is 746. The van der Waals surface area contributed by atoms with E-state index in [9.17, 15) is 4.79 Å². The average molecular weight is 371 g/mol. The SMILES string of the molecule is COc1ccc(C(=O)OCc2ccc(Cl)cc2Cl)c(OC)c1OC. The number of hydrogen-bond acceptors (Lipinski definition) is 5. The van der Waals surface area contributed by atoms with Crippen LogP contribution in [-0.4, -0.2) is 27.3 Å². The first-order valence-electron chi connectivity index (χ1n) is 6.91. The minimum absolute atomic E-state index is 0.00628. The van der Waals surface area contributed by atoms with E-state index >= 15 is 0 Å². The van der Waals surface area contributed by atoms with Crippen LogP contribution in [0.1, 0.15) is 15.9 Å². The molecule has 128 valence electrons. The molecule has 2 rings (SSSR count). The van der Waals surface area contributed by atoms with Gasteiger partial charge in [-0.15, -0.1) is 0 Å². The van der Waals surface area contributed by atoms with Crippen molar-refractivity contribution in [3.05, 3.63) is 51.5 Å². The summed E-state index contributed by atoms with van der Waals surface area (Å²) in [6, 6.07) is 8.11. The van der Waals surface area contributed by atoms with Crippen LogP contribution in [0.5, 0.6) is 17.2 Å². The van der Waals surface area contributed by atoms with Crippen LogP contribution in [0.2, 0.25) is 10.0 Å². The number of carbonyl (C=O) groups is 1. The highest BCUT2D eigenvalue weighted by molar-refractivity contribution is 6.35. The van der Waals surface area contributed by atoms with Crippen molar-refractivity contribution in [1.82, 2.24) is 0 Å². The van der Waals surface area contributed by atoms with Gasteiger partial charge in [-0.05, 0) is 24.3 Å². The fourth-order valence-electron chi connectivity index (χ4n) is 2.12. The normalized spacial score (nSPS) is 10.2. The second-order valence-electron chi connectivity index (χ2n) is 4.69. The summed E-state index contributed by atoms with van der Waals surface area (Å²) >= 11 is 11.9. The van der Waals surface area contributed by atoms with Crippen LogP contribution >= 0.6 is 23.2 Å². The molecule has 0 fully saturated rings. The van der Waals surface area contributed by atoms with E-state index in [0.29, 0.717) is 27.1 Å². The molecular formula is C17H16Cl2O5. The number of hydrogen-bond donors (Lipinski definition) is 0. The Hall–Kier alpha value is -2.11. The lowest BCUT2D eigenvalue weighted by atomic mass is 10.1. The third-order valence-corrected chi connectivity index (χ3v) is 3.88. The molecule has 0 heterocycles. The third-order valence-electron chi connectivity index (χ3n) is 3.30. The highest BCUT2D eigenvalue weighted by Crippen LogP contribution is 2.40. The van der Waals surface area contributed by atoms with Gasteiger partial charge < -0.3 is 18.9 Å². The fourth-order valence-corrected chi connectivity index (χ4v) is 2.58. The van der Waals surface area contributed by atoms with E-state index in [-0.39, 0.29) is 17.9 Å². The summed E-state index contributed by atoms with van der Waals surface area (Å²) in [6.45, 7) is 0.00628. The zero-order valence-electron chi connectivity index (χ0n) is 13.4. The van der Waals surface area contributed by atoms with Gasteiger partial charge in [-0.1, -0.05) is 29.3 Å². The topological polar surface area (TPSA) is 54.0 Å². The smallest absolute Gasteiger partial charge is 0.342 e. The Morgan fingerprint density at radius 1 is 0.958 bits per heavy atom. The molecule has 7 heteroatoms. The van der Waals surface area contributed by atoms with Crippen molar-refractivity contribution in [3.63, 3.8) is 0 Å². The molecule has 0 bridgehead atoms. The molecule has 0 aliphatic rings. The summed E-state index contributed by atoms with van der Waals surface area (Å²) < 4.78 is 21.0. The highest BCUT2D eigenvalue weighted by atomic mass is 35.5. The molecule has 0 saturated carbocycles. The lowest BCUT2D eigenvalue weighted by Crippen LogP contribution is -2.09. The van der Waals surface area contributed by atoms with Crippen LogP contribution in [0.25, 0.3) is 0 Å². The van der Waals surface area contributed by atoms with E-state index in [4.69, 9.17) is 42.1 Å². The van der Waals surface area contributed by atoms with Crippen LogP contribution in [0.4, 0.5) is 0 Å². The summed E-state index contributed by atoms with van der Waals surface area (Å²) in [5.74, 6) is 0.438. The van der Waals surface area contributed by atoms with Crippen molar-refractivity contribution in [2.45, 2.75) is 6.61 Å². The van der Waals surface area contributed by atoms with Gasteiger partial charge in [0.1, 0.15) is 12.2 Å². The van der Waals surface area contributed by atoms with Gasteiger partial charge in [0.15, 0.2) is 11.5 Å².